The Morgan fingerprint density at radius 1 is 1.31 bits per heavy atom. The summed E-state index contributed by atoms with van der Waals surface area (Å²) in [4.78, 5) is 37.3. The zero-order chi connectivity index (χ0) is 19.4. The number of hydrogen-bond donors (Lipinski definition) is 1. The third kappa shape index (κ3) is 4.29. The van der Waals surface area contributed by atoms with Gasteiger partial charge in [-0.15, -0.1) is 11.3 Å². The molecule has 0 bridgehead atoms. The van der Waals surface area contributed by atoms with Crippen molar-refractivity contribution in [2.45, 2.75) is 33.8 Å². The molecule has 0 unspecified atom stereocenters. The molecule has 9 heteroatoms. The van der Waals surface area contributed by atoms with Gasteiger partial charge in [-0.25, -0.2) is 9.59 Å². The van der Waals surface area contributed by atoms with Gasteiger partial charge in [0.2, 0.25) is 0 Å². The van der Waals surface area contributed by atoms with E-state index in [2.05, 4.69) is 10.4 Å². The molecular weight excluding hydrogens is 358 g/mol. The summed E-state index contributed by atoms with van der Waals surface area (Å²) in [7, 11) is 1.69. The van der Waals surface area contributed by atoms with E-state index in [1.165, 1.54) is 10.9 Å². The minimum atomic E-state index is -0.606. The summed E-state index contributed by atoms with van der Waals surface area (Å²) in [5.41, 5.74) is 0.906. The van der Waals surface area contributed by atoms with Gasteiger partial charge >= 0.3 is 11.9 Å². The van der Waals surface area contributed by atoms with Crippen molar-refractivity contribution in [1.82, 2.24) is 9.78 Å². The van der Waals surface area contributed by atoms with Gasteiger partial charge in [0.1, 0.15) is 9.88 Å². The van der Waals surface area contributed by atoms with E-state index < -0.39 is 17.8 Å². The van der Waals surface area contributed by atoms with E-state index in [1.54, 1.807) is 40.9 Å². The summed E-state index contributed by atoms with van der Waals surface area (Å²) in [6.45, 7) is 6.97. The maximum atomic E-state index is 12.5. The zero-order valence-electron chi connectivity index (χ0n) is 15.3. The van der Waals surface area contributed by atoms with Crippen LogP contribution in [0.15, 0.2) is 12.4 Å². The van der Waals surface area contributed by atoms with Gasteiger partial charge in [-0.3, -0.25) is 9.48 Å². The second-order valence-electron chi connectivity index (χ2n) is 5.79. The molecule has 2 aromatic heterocycles. The molecule has 0 aliphatic rings. The molecule has 2 rings (SSSR count). The van der Waals surface area contributed by atoms with Crippen LogP contribution in [0, 0.1) is 6.92 Å². The molecule has 0 atom stereocenters. The number of hydrogen-bond acceptors (Lipinski definition) is 7. The number of rotatable bonds is 6. The third-order valence-electron chi connectivity index (χ3n) is 3.35. The van der Waals surface area contributed by atoms with E-state index >= 15 is 0 Å². The lowest BCUT2D eigenvalue weighted by molar-refractivity contribution is 0.0379. The predicted octanol–water partition coefficient (Wildman–Crippen LogP) is 2.78. The average Bonchev–Trinajstić information content (AvgIpc) is 3.10. The first-order valence-electron chi connectivity index (χ1n) is 8.06. The Bertz CT molecular complexity index is 838. The number of carbonyl (C=O) groups is 3. The number of nitrogens with one attached hydrogen (secondary N) is 1. The fourth-order valence-electron chi connectivity index (χ4n) is 2.23. The fourth-order valence-corrected chi connectivity index (χ4v) is 3.31. The molecule has 2 aromatic rings. The zero-order valence-corrected chi connectivity index (χ0v) is 16.1. The smallest absolute Gasteiger partial charge is 0.348 e. The molecule has 1 amide bonds. The summed E-state index contributed by atoms with van der Waals surface area (Å²) >= 11 is 0.985. The normalized spacial score (nSPS) is 10.7. The number of carbonyl (C=O) groups excluding carboxylic acids is 3. The molecule has 0 aromatic carbocycles. The summed E-state index contributed by atoms with van der Waals surface area (Å²) in [6.07, 6.45) is 2.62. The summed E-state index contributed by atoms with van der Waals surface area (Å²) in [5, 5.41) is 6.86. The van der Waals surface area contributed by atoms with Gasteiger partial charge in [0.15, 0.2) is 0 Å². The number of anilines is 1. The van der Waals surface area contributed by atoms with Crippen molar-refractivity contribution in [3.8, 4) is 0 Å². The van der Waals surface area contributed by atoms with Gasteiger partial charge in [0.25, 0.3) is 5.91 Å². The number of ether oxygens (including phenoxy) is 2. The van der Waals surface area contributed by atoms with Crippen molar-refractivity contribution < 1.29 is 23.9 Å². The molecule has 140 valence electrons. The first-order chi connectivity index (χ1) is 12.2. The molecule has 8 nitrogen and oxygen atoms in total. The molecule has 0 fully saturated rings. The lowest BCUT2D eigenvalue weighted by Crippen LogP contribution is -2.16. The largest absolute Gasteiger partial charge is 0.462 e. The Balaban J connectivity index is 2.41. The Morgan fingerprint density at radius 2 is 2.00 bits per heavy atom. The second kappa shape index (κ2) is 8.13. The van der Waals surface area contributed by atoms with Gasteiger partial charge < -0.3 is 14.8 Å². The number of amides is 1. The molecule has 0 aliphatic heterocycles. The van der Waals surface area contributed by atoms with Crippen LogP contribution in [0.3, 0.4) is 0 Å². The summed E-state index contributed by atoms with van der Waals surface area (Å²) in [6, 6.07) is 0. The monoisotopic (exact) mass is 379 g/mol. The number of aromatic nitrogens is 2. The van der Waals surface area contributed by atoms with Crippen LogP contribution in [0.5, 0.6) is 0 Å². The second-order valence-corrected chi connectivity index (χ2v) is 6.81. The van der Waals surface area contributed by atoms with Crippen molar-refractivity contribution in [1.29, 1.82) is 0 Å². The SMILES string of the molecule is CCOC(=O)c1sc(NC(=O)c2cnn(C)c2)c(C(=O)OC(C)C)c1C. The van der Waals surface area contributed by atoms with Crippen molar-refractivity contribution in [2.75, 3.05) is 11.9 Å². The molecule has 0 spiro atoms. The van der Waals surface area contributed by atoms with Crippen LogP contribution in [0.4, 0.5) is 5.00 Å². The lowest BCUT2D eigenvalue weighted by Gasteiger charge is -2.10. The molecule has 1 N–H and O–H groups in total. The van der Waals surface area contributed by atoms with Gasteiger partial charge in [-0.05, 0) is 33.3 Å². The Kier molecular flexibility index (Phi) is 6.14. The fraction of sp³-hybridized carbons (Fsp3) is 0.412. The molecule has 0 aliphatic carbocycles. The Hall–Kier alpha value is -2.68. The number of nitrogens with zero attached hydrogens (tertiary/aromatic N) is 2. The van der Waals surface area contributed by atoms with E-state index in [-0.39, 0.29) is 28.2 Å². The highest BCUT2D eigenvalue weighted by Gasteiger charge is 2.28. The Morgan fingerprint density at radius 3 is 2.54 bits per heavy atom. The summed E-state index contributed by atoms with van der Waals surface area (Å²) < 4.78 is 11.8. The molecule has 0 saturated carbocycles. The minimum Gasteiger partial charge on any atom is -0.462 e. The van der Waals surface area contributed by atoms with Crippen LogP contribution < -0.4 is 5.32 Å². The summed E-state index contributed by atoms with van der Waals surface area (Å²) in [5.74, 6) is -1.59. The molecule has 26 heavy (non-hydrogen) atoms. The van der Waals surface area contributed by atoms with Crippen molar-refractivity contribution in [2.24, 2.45) is 7.05 Å². The standard InChI is InChI=1S/C17H21N3O5S/c1-6-24-17(23)13-10(4)12(16(22)25-9(2)3)15(26-13)19-14(21)11-7-18-20(5)8-11/h7-9H,6H2,1-5H3,(H,19,21). The van der Waals surface area contributed by atoms with Crippen LogP contribution in [-0.2, 0) is 16.5 Å². The van der Waals surface area contributed by atoms with E-state index in [9.17, 15) is 14.4 Å². The Labute approximate surface area is 155 Å². The highest BCUT2D eigenvalue weighted by molar-refractivity contribution is 7.18. The first kappa shape index (κ1) is 19.6. The van der Waals surface area contributed by atoms with E-state index in [0.717, 1.165) is 11.3 Å². The van der Waals surface area contributed by atoms with E-state index in [1.807, 2.05) is 0 Å². The van der Waals surface area contributed by atoms with E-state index in [0.29, 0.717) is 11.1 Å². The van der Waals surface area contributed by atoms with E-state index in [4.69, 9.17) is 9.47 Å². The molecule has 0 saturated heterocycles. The highest BCUT2D eigenvalue weighted by atomic mass is 32.1. The minimum absolute atomic E-state index is 0.156. The predicted molar refractivity (Wildman–Crippen MR) is 96.7 cm³/mol. The number of thiophene rings is 1. The molecule has 2 heterocycles. The topological polar surface area (TPSA) is 99.5 Å². The van der Waals surface area contributed by atoms with Gasteiger partial charge in [-0.1, -0.05) is 0 Å². The number of aryl methyl sites for hydroxylation is 1. The average molecular weight is 379 g/mol. The van der Waals surface area contributed by atoms with Crippen LogP contribution in [0.1, 0.15) is 56.7 Å². The van der Waals surface area contributed by atoms with Crippen LogP contribution >= 0.6 is 11.3 Å². The highest BCUT2D eigenvalue weighted by Crippen LogP contribution is 2.34. The lowest BCUT2D eigenvalue weighted by atomic mass is 10.1. The first-order valence-corrected chi connectivity index (χ1v) is 8.87. The maximum absolute atomic E-state index is 12.5. The van der Waals surface area contributed by atoms with Crippen LogP contribution in [0.25, 0.3) is 0 Å². The van der Waals surface area contributed by atoms with Gasteiger partial charge in [0, 0.05) is 13.2 Å². The molecule has 0 radical (unpaired) electrons. The van der Waals surface area contributed by atoms with Crippen LogP contribution in [0.2, 0.25) is 0 Å². The van der Waals surface area contributed by atoms with Gasteiger partial charge in [-0.2, -0.15) is 5.10 Å². The van der Waals surface area contributed by atoms with Crippen LogP contribution in [-0.4, -0.2) is 40.3 Å². The van der Waals surface area contributed by atoms with Crippen molar-refractivity contribution in [3.63, 3.8) is 0 Å². The quantitative estimate of drug-likeness (QED) is 0.775. The molecular formula is C17H21N3O5S. The third-order valence-corrected chi connectivity index (χ3v) is 4.54. The van der Waals surface area contributed by atoms with Crippen molar-refractivity contribution in [3.05, 3.63) is 34.0 Å². The van der Waals surface area contributed by atoms with Gasteiger partial charge in [0.05, 0.1) is 30.0 Å². The number of esters is 2. The maximum Gasteiger partial charge on any atom is 0.348 e. The van der Waals surface area contributed by atoms with Crippen molar-refractivity contribution >= 4 is 34.2 Å².